The molecule has 93 heavy (non-hydrogen) atoms. The fourth-order valence-corrected chi connectivity index (χ4v) is 15.8. The van der Waals surface area contributed by atoms with Crippen molar-refractivity contribution in [3.63, 3.8) is 0 Å². The van der Waals surface area contributed by atoms with Crippen molar-refractivity contribution in [2.45, 2.75) is 188 Å². The summed E-state index contributed by atoms with van der Waals surface area (Å²) in [5, 5.41) is 43.1. The maximum absolute atomic E-state index is 10.8. The van der Waals surface area contributed by atoms with Crippen molar-refractivity contribution in [1.29, 1.82) is 0 Å². The Morgan fingerprint density at radius 1 is 0.419 bits per heavy atom. The molecule has 16 nitrogen and oxygen atoms in total. The highest BCUT2D eigenvalue weighted by Crippen LogP contribution is 2.49. The Balaban J connectivity index is 0.000000189. The molecule has 0 bridgehead atoms. The summed E-state index contributed by atoms with van der Waals surface area (Å²) >= 11 is 0. The molecule has 0 saturated carbocycles. The Bertz CT molecular complexity index is 3850. The van der Waals surface area contributed by atoms with Gasteiger partial charge in [0.05, 0.1) is 100 Å². The molecule has 1 unspecified atom stereocenters. The molecule has 0 amide bonds. The first-order chi connectivity index (χ1) is 51.7. The van der Waals surface area contributed by atoms with E-state index >= 15 is 0 Å². The predicted octanol–water partition coefficient (Wildman–Crippen LogP) is 12.8. The van der Waals surface area contributed by atoms with Crippen LogP contribution in [0.3, 0.4) is 0 Å². The molecule has 4 aromatic carbocycles. The predicted molar refractivity (Wildman–Crippen MR) is 371 cm³/mol. The lowest BCUT2D eigenvalue weighted by Crippen LogP contribution is -2.48. The van der Waals surface area contributed by atoms with E-state index in [2.05, 4.69) is 67.2 Å². The first-order valence-corrected chi connectivity index (χ1v) is 33.0. The zero-order valence-electron chi connectivity index (χ0n) is 75.9. The molecule has 4 fully saturated rings. The standard InChI is InChI=1S/4C19H29NO3.CH4/c4*1-12(2)7-14-11-20-6-5-13-8-18(22-3)19(23-4)9-15(13)16(20)10-17(14)21;/h4*8-9,12,14,16-17,21H,5-7,10-11H2,1-4H3;1H4/t4*14-,16-,17+;/m0000./s1/i3D3,4D3,17D;1D3,7D2,12D;3D3,4D3;17D;/tm;12?,14-,16-,17+;2m;. The van der Waals surface area contributed by atoms with Crippen molar-refractivity contribution in [3.05, 3.63) is 93.0 Å². The highest BCUT2D eigenvalue weighted by Gasteiger charge is 2.43. The van der Waals surface area contributed by atoms with E-state index in [-0.39, 0.29) is 91.7 Å². The fourth-order valence-electron chi connectivity index (χ4n) is 15.8. The molecular formula is C77H120N4O12. The summed E-state index contributed by atoms with van der Waals surface area (Å²) in [5.74, 6) is 0.286. The summed E-state index contributed by atoms with van der Waals surface area (Å²) in [6, 6.07) is 13.7. The molecule has 16 heteroatoms. The van der Waals surface area contributed by atoms with Gasteiger partial charge in [0, 0.05) is 84.7 Å². The number of nitrogens with zero attached hydrogens (tertiary/aromatic N) is 4. The third-order valence-electron chi connectivity index (χ3n) is 20.2. The molecule has 0 aromatic heterocycles. The van der Waals surface area contributed by atoms with Gasteiger partial charge in [-0.2, -0.15) is 0 Å². The van der Waals surface area contributed by atoms with Crippen molar-refractivity contribution in [3.8, 4) is 46.0 Å². The minimum atomic E-state index is -2.80. The molecule has 4 saturated heterocycles. The maximum atomic E-state index is 10.8. The Labute approximate surface area is 587 Å². The maximum Gasteiger partial charge on any atom is 0.161 e. The molecule has 4 aromatic rings. The molecule has 8 aliphatic heterocycles. The van der Waals surface area contributed by atoms with Crippen LogP contribution in [0.1, 0.15) is 210 Å². The second-order valence-corrected chi connectivity index (χ2v) is 27.7. The number of rotatable bonds is 16. The highest BCUT2D eigenvalue weighted by molar-refractivity contribution is 5.53. The Morgan fingerprint density at radius 2 is 0.688 bits per heavy atom. The number of aliphatic hydroxyl groups excluding tert-OH is 2. The van der Waals surface area contributed by atoms with Gasteiger partial charge in [-0.05, 0) is 217 Å². The van der Waals surface area contributed by atoms with E-state index in [4.69, 9.17) is 65.3 Å². The topological polar surface area (TPSA) is 168 Å². The van der Waals surface area contributed by atoms with Crippen LogP contribution in [0.15, 0.2) is 48.5 Å². The zero-order chi connectivity index (χ0) is 83.3. The Kier molecular flexibility index (Phi) is 18.0. The van der Waals surface area contributed by atoms with Gasteiger partial charge in [-0.25, -0.2) is 0 Å². The number of aliphatic hydroxyl groups is 4. The van der Waals surface area contributed by atoms with Crippen LogP contribution in [-0.4, -0.2) is 173 Å². The lowest BCUT2D eigenvalue weighted by atomic mass is 9.79. The summed E-state index contributed by atoms with van der Waals surface area (Å²) < 4.78 is 195. The van der Waals surface area contributed by atoms with E-state index in [0.29, 0.717) is 74.6 Å². The lowest BCUT2D eigenvalue weighted by Gasteiger charge is -2.46. The molecule has 12 rings (SSSR count). The van der Waals surface area contributed by atoms with Crippen LogP contribution in [0.25, 0.3) is 0 Å². The van der Waals surface area contributed by atoms with Gasteiger partial charge in [0.2, 0.25) is 0 Å². The van der Waals surface area contributed by atoms with E-state index in [1.807, 2.05) is 18.2 Å². The van der Waals surface area contributed by atoms with Crippen LogP contribution in [0, 0.1) is 47.3 Å². The third-order valence-corrected chi connectivity index (χ3v) is 20.2. The Morgan fingerprint density at radius 3 is 1.00 bits per heavy atom. The van der Waals surface area contributed by atoms with E-state index in [0.717, 1.165) is 110 Å². The van der Waals surface area contributed by atoms with Gasteiger partial charge in [0.1, 0.15) is 0 Å². The van der Waals surface area contributed by atoms with E-state index < -0.39 is 77.6 Å². The van der Waals surface area contributed by atoms with Gasteiger partial charge in [-0.15, -0.1) is 0 Å². The smallest absolute Gasteiger partial charge is 0.161 e. The van der Waals surface area contributed by atoms with Crippen LogP contribution >= 0.6 is 0 Å². The lowest BCUT2D eigenvalue weighted by molar-refractivity contribution is -0.0192. The molecule has 0 aliphatic carbocycles. The molecule has 0 radical (unpaired) electrons. The average molecular weight is 1310 g/mol. The SMILES string of the molecule is C.[2H]C([2H])([2H])C([2H])(C)C([2H])([2H])[C@H]1CN2CCc3cc(OC)c(OC)cc3[C@@H]2C[C@H]1O.[2H]C([2H])([2H])Oc1cc2c(cc1OC([2H])([2H])[2H])[C@@H]1C[C@@H](O)[C@@H](CC(C)C)CN1CC2.[2H]C([2H])([2H])Oc1cc2c(cc1OC([2H])([2H])[2H])[C@@H]1C[C@@]([2H])(O)[C@@H](CC(C)C)CN1CC2.[2H][C@@]1(O)C[C@H]2c3cc(OC)c(OC)cc3CCN2C[C@@H]1CC(C)C. The Hall–Kier alpha value is -5.04. The van der Waals surface area contributed by atoms with Gasteiger partial charge in [0.15, 0.2) is 46.0 Å². The number of ether oxygens (including phenoxy) is 8. The van der Waals surface area contributed by atoms with Gasteiger partial charge >= 0.3 is 0 Å². The first-order valence-electron chi connectivity index (χ1n) is 43.0. The van der Waals surface area contributed by atoms with Crippen LogP contribution in [0.5, 0.6) is 46.0 Å². The third kappa shape index (κ3) is 17.2. The molecule has 4 N–H and O–H groups in total. The van der Waals surface area contributed by atoms with Crippen molar-refractivity contribution < 1.29 is 85.7 Å². The number of fused-ring (bicyclic) bond motifs is 12. The van der Waals surface area contributed by atoms with E-state index in [9.17, 15) is 20.4 Å². The molecule has 520 valence electrons. The number of methoxy groups -OCH3 is 8. The summed E-state index contributed by atoms with van der Waals surface area (Å²) in [5.41, 5.74) is 7.85. The minimum Gasteiger partial charge on any atom is -0.493 e. The number of piperidine rings is 4. The average Bonchev–Trinajstić information content (AvgIpc) is 0.748. The number of hydrogen-bond donors (Lipinski definition) is 4. The molecule has 8 heterocycles. The van der Waals surface area contributed by atoms with Crippen molar-refractivity contribution in [2.24, 2.45) is 47.3 Å². The van der Waals surface area contributed by atoms with Crippen LogP contribution < -0.4 is 37.9 Å². The highest BCUT2D eigenvalue weighted by atomic mass is 16.5. The van der Waals surface area contributed by atoms with Gasteiger partial charge in [-0.1, -0.05) is 62.7 Å². The number of hydrogen-bond acceptors (Lipinski definition) is 16. The fraction of sp³-hybridized carbons (Fsp3) is 0.688. The largest absolute Gasteiger partial charge is 0.493 e. The quantitative estimate of drug-likeness (QED) is 0.0836. The summed E-state index contributed by atoms with van der Waals surface area (Å²) in [4.78, 5) is 9.05. The van der Waals surface area contributed by atoms with Crippen molar-refractivity contribution in [2.75, 3.05) is 109 Å². The van der Waals surface area contributed by atoms with E-state index in [1.165, 1.54) is 23.3 Å². The van der Waals surface area contributed by atoms with E-state index in [1.54, 1.807) is 40.6 Å². The van der Waals surface area contributed by atoms with Crippen molar-refractivity contribution in [1.82, 2.24) is 19.6 Å². The minimum absolute atomic E-state index is 0. The molecule has 0 spiro atoms. The van der Waals surface area contributed by atoms with Crippen LogP contribution in [0.2, 0.25) is 0 Å². The summed E-state index contributed by atoms with van der Waals surface area (Å²) in [7, 11) is -4.53. The number of benzene rings is 4. The zero-order valence-corrected chi connectivity index (χ0v) is 55.9. The van der Waals surface area contributed by atoms with Crippen LogP contribution in [-0.2, 0) is 25.7 Å². The monoisotopic (exact) mass is 1310 g/mol. The second-order valence-electron chi connectivity index (χ2n) is 27.7. The van der Waals surface area contributed by atoms with Gasteiger partial charge in [0.25, 0.3) is 0 Å². The summed E-state index contributed by atoms with van der Waals surface area (Å²) in [6.07, 6.45) is 0.222. The van der Waals surface area contributed by atoms with Gasteiger partial charge < -0.3 is 58.3 Å². The first kappa shape index (κ1) is 50.3. The van der Waals surface area contributed by atoms with Crippen LogP contribution in [0.4, 0.5) is 0 Å². The molecule has 13 atom stereocenters. The van der Waals surface area contributed by atoms with Crippen molar-refractivity contribution >= 4 is 0 Å². The summed E-state index contributed by atoms with van der Waals surface area (Å²) in [6.45, 7) is 16.5. The van der Waals surface area contributed by atoms with Gasteiger partial charge in [-0.3, -0.25) is 19.6 Å². The second kappa shape index (κ2) is 33.3. The molecule has 8 aliphatic rings. The molecular weight excluding hydrogens is 1170 g/mol. The normalized spacial score (nSPS) is 33.4.